The summed E-state index contributed by atoms with van der Waals surface area (Å²) in [5.74, 6) is 2.93. The Bertz CT molecular complexity index is 391. The summed E-state index contributed by atoms with van der Waals surface area (Å²) in [6, 6.07) is 3.86. The van der Waals surface area contributed by atoms with Gasteiger partial charge in [-0.2, -0.15) is 0 Å². The van der Waals surface area contributed by atoms with Crippen LogP contribution in [0, 0.1) is 11.8 Å². The molecule has 17 heavy (non-hydrogen) atoms. The van der Waals surface area contributed by atoms with Gasteiger partial charge in [0, 0.05) is 31.0 Å². The first kappa shape index (κ1) is 10.9. The zero-order valence-electron chi connectivity index (χ0n) is 10.3. The molecule has 2 aliphatic rings. The Labute approximate surface area is 103 Å². The fraction of sp³-hybridized carbons (Fsp3) is 0.643. The van der Waals surface area contributed by atoms with Gasteiger partial charge in [0.05, 0.1) is 0 Å². The summed E-state index contributed by atoms with van der Waals surface area (Å²) in [5, 5.41) is 0. The maximum atomic E-state index is 5.83. The number of anilines is 2. The van der Waals surface area contributed by atoms with Crippen LogP contribution in [0.4, 0.5) is 11.5 Å². The Morgan fingerprint density at radius 3 is 2.82 bits per heavy atom. The maximum absolute atomic E-state index is 5.83. The molecule has 1 aliphatic carbocycles. The minimum atomic E-state index is 0.820. The number of nitrogen functional groups attached to an aromatic ring is 1. The zero-order valence-corrected chi connectivity index (χ0v) is 10.3. The van der Waals surface area contributed by atoms with Crippen molar-refractivity contribution in [3.8, 4) is 0 Å². The number of nitrogens with zero attached hydrogens (tertiary/aromatic N) is 2. The fourth-order valence-corrected chi connectivity index (χ4v) is 3.42. The van der Waals surface area contributed by atoms with Crippen LogP contribution in [0.2, 0.25) is 0 Å². The van der Waals surface area contributed by atoms with Crippen LogP contribution in [0.15, 0.2) is 18.3 Å². The lowest BCUT2D eigenvalue weighted by Gasteiger charge is -2.41. The molecule has 1 saturated carbocycles. The van der Waals surface area contributed by atoms with E-state index >= 15 is 0 Å². The molecule has 0 radical (unpaired) electrons. The monoisotopic (exact) mass is 231 g/mol. The van der Waals surface area contributed by atoms with Gasteiger partial charge in [-0.15, -0.1) is 0 Å². The number of piperidine rings is 1. The highest BCUT2D eigenvalue weighted by Crippen LogP contribution is 2.37. The molecule has 2 N–H and O–H groups in total. The first-order valence-corrected chi connectivity index (χ1v) is 6.79. The van der Waals surface area contributed by atoms with E-state index in [4.69, 9.17) is 5.73 Å². The van der Waals surface area contributed by atoms with Crippen LogP contribution < -0.4 is 10.6 Å². The molecule has 2 unspecified atom stereocenters. The molecule has 0 amide bonds. The first-order valence-electron chi connectivity index (χ1n) is 6.79. The lowest BCUT2D eigenvalue weighted by molar-refractivity contribution is 0.202. The number of hydrogen-bond acceptors (Lipinski definition) is 3. The van der Waals surface area contributed by atoms with Gasteiger partial charge in [-0.1, -0.05) is 19.3 Å². The van der Waals surface area contributed by atoms with Gasteiger partial charge in [0.2, 0.25) is 0 Å². The molecule has 3 rings (SSSR count). The summed E-state index contributed by atoms with van der Waals surface area (Å²) in [5.41, 5.74) is 6.65. The largest absolute Gasteiger partial charge is 0.399 e. The smallest absolute Gasteiger partial charge is 0.130 e. The average Bonchev–Trinajstić information content (AvgIpc) is 2.38. The highest BCUT2D eigenvalue weighted by molar-refractivity contribution is 5.50. The van der Waals surface area contributed by atoms with E-state index in [0.717, 1.165) is 29.9 Å². The molecule has 0 bridgehead atoms. The molecule has 2 fully saturated rings. The van der Waals surface area contributed by atoms with E-state index < -0.39 is 0 Å². The van der Waals surface area contributed by atoms with Crippen molar-refractivity contribution in [2.24, 2.45) is 11.8 Å². The normalized spacial score (nSPS) is 28.8. The van der Waals surface area contributed by atoms with Gasteiger partial charge >= 0.3 is 0 Å². The second-order valence-corrected chi connectivity index (χ2v) is 5.49. The predicted molar refractivity (Wildman–Crippen MR) is 70.9 cm³/mol. The minimum Gasteiger partial charge on any atom is -0.399 e. The summed E-state index contributed by atoms with van der Waals surface area (Å²) in [7, 11) is 0. The molecule has 1 aromatic heterocycles. The third kappa shape index (κ3) is 2.24. The zero-order chi connectivity index (χ0) is 11.7. The second kappa shape index (κ2) is 4.55. The number of fused-ring (bicyclic) bond motifs is 1. The van der Waals surface area contributed by atoms with E-state index in [2.05, 4.69) is 9.88 Å². The van der Waals surface area contributed by atoms with Crippen molar-refractivity contribution in [2.45, 2.75) is 32.1 Å². The van der Waals surface area contributed by atoms with Crippen molar-refractivity contribution in [2.75, 3.05) is 23.7 Å². The van der Waals surface area contributed by atoms with Gasteiger partial charge in [-0.25, -0.2) is 4.98 Å². The van der Waals surface area contributed by atoms with Gasteiger partial charge in [-0.05, 0) is 30.7 Å². The quantitative estimate of drug-likeness (QED) is 0.808. The molecule has 92 valence electrons. The van der Waals surface area contributed by atoms with Crippen LogP contribution in [0.1, 0.15) is 32.1 Å². The van der Waals surface area contributed by atoms with Gasteiger partial charge < -0.3 is 10.6 Å². The Hall–Kier alpha value is -1.25. The van der Waals surface area contributed by atoms with E-state index in [-0.39, 0.29) is 0 Å². The van der Waals surface area contributed by atoms with Gasteiger partial charge in [0.15, 0.2) is 0 Å². The van der Waals surface area contributed by atoms with Gasteiger partial charge in [0.1, 0.15) is 5.82 Å². The summed E-state index contributed by atoms with van der Waals surface area (Å²) in [6.45, 7) is 2.33. The lowest BCUT2D eigenvalue weighted by Crippen LogP contribution is -2.42. The molecule has 1 aromatic rings. The standard InChI is InChI=1S/C14H21N3/c15-13-5-7-16-14(9-13)17-8-6-11-3-1-2-4-12(11)10-17/h5,7,9,11-12H,1-4,6,8,10H2,(H2,15,16). The molecule has 3 heteroatoms. The van der Waals surface area contributed by atoms with E-state index in [0.29, 0.717) is 0 Å². The van der Waals surface area contributed by atoms with Gasteiger partial charge in [0.25, 0.3) is 0 Å². The van der Waals surface area contributed by atoms with Crippen LogP contribution in [0.3, 0.4) is 0 Å². The number of rotatable bonds is 1. The molecule has 1 aliphatic heterocycles. The Morgan fingerprint density at radius 2 is 2.00 bits per heavy atom. The van der Waals surface area contributed by atoms with Crippen molar-refractivity contribution in [3.05, 3.63) is 18.3 Å². The molecular weight excluding hydrogens is 210 g/mol. The SMILES string of the molecule is Nc1ccnc(N2CCC3CCCCC3C2)c1. The van der Waals surface area contributed by atoms with Crippen molar-refractivity contribution < 1.29 is 0 Å². The molecule has 0 spiro atoms. The van der Waals surface area contributed by atoms with Crippen LogP contribution in [-0.4, -0.2) is 18.1 Å². The summed E-state index contributed by atoms with van der Waals surface area (Å²) in [6.07, 6.45) is 8.86. The number of pyridine rings is 1. The summed E-state index contributed by atoms with van der Waals surface area (Å²) < 4.78 is 0. The average molecular weight is 231 g/mol. The third-order valence-corrected chi connectivity index (χ3v) is 4.38. The van der Waals surface area contributed by atoms with Crippen LogP contribution in [0.25, 0.3) is 0 Å². The second-order valence-electron chi connectivity index (χ2n) is 5.49. The maximum Gasteiger partial charge on any atom is 0.130 e. The predicted octanol–water partition coefficient (Wildman–Crippen LogP) is 2.68. The van der Waals surface area contributed by atoms with Crippen molar-refractivity contribution in [1.82, 2.24) is 4.98 Å². The van der Waals surface area contributed by atoms with Crippen LogP contribution >= 0.6 is 0 Å². The number of aromatic nitrogens is 1. The minimum absolute atomic E-state index is 0.820. The topological polar surface area (TPSA) is 42.1 Å². The van der Waals surface area contributed by atoms with Crippen molar-refractivity contribution in [3.63, 3.8) is 0 Å². The Balaban J connectivity index is 1.73. The van der Waals surface area contributed by atoms with Crippen LogP contribution in [0.5, 0.6) is 0 Å². The number of nitrogens with two attached hydrogens (primary N) is 1. The highest BCUT2D eigenvalue weighted by atomic mass is 15.2. The lowest BCUT2D eigenvalue weighted by atomic mass is 9.75. The van der Waals surface area contributed by atoms with E-state index in [1.807, 2.05) is 18.3 Å². The van der Waals surface area contributed by atoms with Crippen molar-refractivity contribution >= 4 is 11.5 Å². The van der Waals surface area contributed by atoms with E-state index in [9.17, 15) is 0 Å². The molecule has 2 atom stereocenters. The summed E-state index contributed by atoms with van der Waals surface area (Å²) in [4.78, 5) is 6.87. The Kier molecular flexibility index (Phi) is 2.91. The Morgan fingerprint density at radius 1 is 1.18 bits per heavy atom. The highest BCUT2D eigenvalue weighted by Gasteiger charge is 2.31. The first-order chi connectivity index (χ1) is 8.33. The molecule has 0 aromatic carbocycles. The van der Waals surface area contributed by atoms with E-state index in [1.165, 1.54) is 38.6 Å². The number of hydrogen-bond donors (Lipinski definition) is 1. The molecule has 1 saturated heterocycles. The summed E-state index contributed by atoms with van der Waals surface area (Å²) >= 11 is 0. The third-order valence-electron chi connectivity index (χ3n) is 4.38. The molecular formula is C14H21N3. The van der Waals surface area contributed by atoms with Crippen molar-refractivity contribution in [1.29, 1.82) is 0 Å². The fourth-order valence-electron chi connectivity index (χ4n) is 3.42. The van der Waals surface area contributed by atoms with Crippen LogP contribution in [-0.2, 0) is 0 Å². The molecule has 3 nitrogen and oxygen atoms in total. The molecule has 2 heterocycles. The van der Waals surface area contributed by atoms with Gasteiger partial charge in [-0.3, -0.25) is 0 Å². The van der Waals surface area contributed by atoms with E-state index in [1.54, 1.807) is 0 Å².